The van der Waals surface area contributed by atoms with Crippen LogP contribution in [0.15, 0.2) is 0 Å². The molecule has 3 amide bonds. The summed E-state index contributed by atoms with van der Waals surface area (Å²) in [5.41, 5.74) is -1.10. The molecule has 5 nitrogen and oxygen atoms in total. The summed E-state index contributed by atoms with van der Waals surface area (Å²) >= 11 is 0. The Balaban J connectivity index is 2.82. The summed E-state index contributed by atoms with van der Waals surface area (Å²) < 4.78 is 5.03. The van der Waals surface area contributed by atoms with Crippen molar-refractivity contribution in [3.8, 4) is 0 Å². The van der Waals surface area contributed by atoms with Crippen LogP contribution in [-0.4, -0.2) is 28.4 Å². The minimum Gasteiger partial charge on any atom is -0.443 e. The van der Waals surface area contributed by atoms with Gasteiger partial charge in [-0.2, -0.15) is 4.90 Å². The summed E-state index contributed by atoms with van der Waals surface area (Å²) in [6, 6.07) is 0. The second-order valence-corrected chi connectivity index (χ2v) is 6.12. The first-order chi connectivity index (χ1) is 7.52. The first kappa shape index (κ1) is 13.7. The van der Waals surface area contributed by atoms with E-state index in [1.165, 1.54) is 0 Å². The monoisotopic (exact) mass is 241 g/mol. The maximum atomic E-state index is 11.8. The van der Waals surface area contributed by atoms with Gasteiger partial charge in [0.2, 0.25) is 11.8 Å². The molecule has 96 valence electrons. The fraction of sp³-hybridized carbons (Fsp3) is 0.750. The molecular formula is C12H19NO4. The molecule has 0 bridgehead atoms. The van der Waals surface area contributed by atoms with Crippen molar-refractivity contribution in [3.63, 3.8) is 0 Å². The van der Waals surface area contributed by atoms with E-state index in [9.17, 15) is 14.4 Å². The zero-order valence-electron chi connectivity index (χ0n) is 11.0. The molecule has 0 saturated carbocycles. The number of piperidine rings is 1. The van der Waals surface area contributed by atoms with Crippen molar-refractivity contribution in [2.45, 2.75) is 53.1 Å². The number of nitrogens with zero attached hydrogens (tertiary/aromatic N) is 1. The fourth-order valence-corrected chi connectivity index (χ4v) is 1.69. The van der Waals surface area contributed by atoms with Gasteiger partial charge < -0.3 is 4.74 Å². The smallest absolute Gasteiger partial charge is 0.424 e. The summed E-state index contributed by atoms with van der Waals surface area (Å²) in [6.07, 6.45) is -0.515. The van der Waals surface area contributed by atoms with Crippen molar-refractivity contribution in [2.75, 3.05) is 0 Å². The van der Waals surface area contributed by atoms with Crippen LogP contribution in [0.3, 0.4) is 0 Å². The van der Waals surface area contributed by atoms with Crippen LogP contribution in [0.5, 0.6) is 0 Å². The molecule has 17 heavy (non-hydrogen) atoms. The fourth-order valence-electron chi connectivity index (χ4n) is 1.69. The van der Waals surface area contributed by atoms with Crippen molar-refractivity contribution in [1.82, 2.24) is 4.90 Å². The minimum atomic E-state index is -0.872. The Morgan fingerprint density at radius 2 is 1.59 bits per heavy atom. The lowest BCUT2D eigenvalue weighted by atomic mass is 9.82. The third-order valence-electron chi connectivity index (χ3n) is 2.33. The Kier molecular flexibility index (Phi) is 3.32. The second-order valence-electron chi connectivity index (χ2n) is 6.12. The molecule has 5 heteroatoms. The number of imide groups is 3. The Morgan fingerprint density at radius 1 is 1.18 bits per heavy atom. The SMILES string of the molecule is CC1(C)CC(=O)N(C(=O)OC(C)(C)C)C(=O)C1. The average Bonchev–Trinajstić information content (AvgIpc) is 1.94. The van der Waals surface area contributed by atoms with E-state index in [1.54, 1.807) is 20.8 Å². The molecule has 1 fully saturated rings. The van der Waals surface area contributed by atoms with E-state index in [0.717, 1.165) is 0 Å². The van der Waals surface area contributed by atoms with Gasteiger partial charge in [-0.3, -0.25) is 9.59 Å². The van der Waals surface area contributed by atoms with Gasteiger partial charge in [-0.05, 0) is 26.2 Å². The van der Waals surface area contributed by atoms with E-state index in [2.05, 4.69) is 0 Å². The zero-order chi connectivity index (χ0) is 13.4. The lowest BCUT2D eigenvalue weighted by Crippen LogP contribution is -2.50. The van der Waals surface area contributed by atoms with Crippen LogP contribution >= 0.6 is 0 Å². The van der Waals surface area contributed by atoms with E-state index >= 15 is 0 Å². The van der Waals surface area contributed by atoms with Crippen LogP contribution in [0.1, 0.15) is 47.5 Å². The molecule has 0 aliphatic carbocycles. The van der Waals surface area contributed by atoms with Crippen molar-refractivity contribution in [1.29, 1.82) is 0 Å². The van der Waals surface area contributed by atoms with E-state index in [1.807, 2.05) is 13.8 Å². The number of amides is 3. The number of hydrogen-bond donors (Lipinski definition) is 0. The van der Waals surface area contributed by atoms with E-state index in [4.69, 9.17) is 4.74 Å². The lowest BCUT2D eigenvalue weighted by Gasteiger charge is -2.34. The highest BCUT2D eigenvalue weighted by molar-refractivity contribution is 6.10. The predicted octanol–water partition coefficient (Wildman–Crippen LogP) is 2.10. The number of likely N-dealkylation sites (tertiary alicyclic amines) is 1. The largest absolute Gasteiger partial charge is 0.443 e. The first-order valence-electron chi connectivity index (χ1n) is 5.61. The van der Waals surface area contributed by atoms with Crippen molar-refractivity contribution in [2.24, 2.45) is 5.41 Å². The molecule has 1 aliphatic rings. The molecule has 0 N–H and O–H groups in total. The molecule has 1 rings (SSSR count). The highest BCUT2D eigenvalue weighted by Gasteiger charge is 2.42. The van der Waals surface area contributed by atoms with Crippen LogP contribution in [0.25, 0.3) is 0 Å². The van der Waals surface area contributed by atoms with Gasteiger partial charge in [0.05, 0.1) is 0 Å². The molecule has 1 aliphatic heterocycles. The van der Waals surface area contributed by atoms with Crippen LogP contribution in [0.4, 0.5) is 4.79 Å². The average molecular weight is 241 g/mol. The van der Waals surface area contributed by atoms with Gasteiger partial charge in [-0.15, -0.1) is 0 Å². The Bertz CT molecular complexity index is 345. The van der Waals surface area contributed by atoms with Crippen LogP contribution in [0, 0.1) is 5.41 Å². The second kappa shape index (κ2) is 4.13. The maximum Gasteiger partial charge on any atom is 0.424 e. The van der Waals surface area contributed by atoms with E-state index < -0.39 is 23.5 Å². The summed E-state index contributed by atoms with van der Waals surface area (Å²) in [6.45, 7) is 8.72. The van der Waals surface area contributed by atoms with Crippen LogP contribution in [-0.2, 0) is 14.3 Å². The quantitative estimate of drug-likeness (QED) is 0.609. The molecule has 0 aromatic heterocycles. The van der Waals surface area contributed by atoms with Gasteiger partial charge in [-0.25, -0.2) is 4.79 Å². The lowest BCUT2D eigenvalue weighted by molar-refractivity contribution is -0.150. The topological polar surface area (TPSA) is 63.7 Å². The van der Waals surface area contributed by atoms with Gasteiger partial charge in [-0.1, -0.05) is 13.8 Å². The number of hydrogen-bond acceptors (Lipinski definition) is 4. The maximum absolute atomic E-state index is 11.8. The summed E-state index contributed by atoms with van der Waals surface area (Å²) in [5.74, 6) is -0.971. The van der Waals surface area contributed by atoms with Crippen LogP contribution in [0.2, 0.25) is 0 Å². The Morgan fingerprint density at radius 3 is 1.94 bits per heavy atom. The highest BCUT2D eigenvalue weighted by Crippen LogP contribution is 2.32. The summed E-state index contributed by atoms with van der Waals surface area (Å²) in [5, 5.41) is 0. The third kappa shape index (κ3) is 3.54. The molecule has 1 heterocycles. The van der Waals surface area contributed by atoms with Gasteiger partial charge in [0, 0.05) is 12.8 Å². The first-order valence-corrected chi connectivity index (χ1v) is 5.61. The van der Waals surface area contributed by atoms with E-state index in [-0.39, 0.29) is 18.3 Å². The predicted molar refractivity (Wildman–Crippen MR) is 61.1 cm³/mol. The number of carbonyl (C=O) groups is 3. The summed E-state index contributed by atoms with van der Waals surface area (Å²) in [4.78, 5) is 35.8. The van der Waals surface area contributed by atoms with Crippen molar-refractivity contribution in [3.05, 3.63) is 0 Å². The van der Waals surface area contributed by atoms with E-state index in [0.29, 0.717) is 4.90 Å². The standard InChI is InChI=1S/C12H19NO4/c1-11(2,3)17-10(16)13-8(14)6-12(4,5)7-9(13)15/h6-7H2,1-5H3. The normalized spacial score (nSPS) is 20.4. The Labute approximate surface area is 101 Å². The number of carbonyl (C=O) groups excluding carboxylic acids is 3. The van der Waals surface area contributed by atoms with Gasteiger partial charge in [0.25, 0.3) is 0 Å². The molecule has 0 aromatic carbocycles. The zero-order valence-corrected chi connectivity index (χ0v) is 11.0. The highest BCUT2D eigenvalue weighted by atomic mass is 16.6. The number of rotatable bonds is 0. The number of ether oxygens (including phenoxy) is 1. The summed E-state index contributed by atoms with van der Waals surface area (Å²) in [7, 11) is 0. The van der Waals surface area contributed by atoms with Crippen molar-refractivity contribution < 1.29 is 19.1 Å². The molecule has 0 aromatic rings. The molecule has 0 spiro atoms. The molecule has 1 saturated heterocycles. The van der Waals surface area contributed by atoms with Gasteiger partial charge in [0.15, 0.2) is 0 Å². The van der Waals surface area contributed by atoms with Crippen LogP contribution < -0.4 is 0 Å². The Hall–Kier alpha value is -1.39. The van der Waals surface area contributed by atoms with Gasteiger partial charge >= 0.3 is 6.09 Å². The van der Waals surface area contributed by atoms with Crippen molar-refractivity contribution >= 4 is 17.9 Å². The third-order valence-corrected chi connectivity index (χ3v) is 2.33. The molecule has 0 atom stereocenters. The molecule has 0 radical (unpaired) electrons. The molecular weight excluding hydrogens is 222 g/mol. The molecule has 0 unspecified atom stereocenters. The van der Waals surface area contributed by atoms with Gasteiger partial charge in [0.1, 0.15) is 5.60 Å². The minimum absolute atomic E-state index is 0.179.